The first-order valence-electron chi connectivity index (χ1n) is 9.27. The van der Waals surface area contributed by atoms with Crippen molar-refractivity contribution in [1.29, 1.82) is 0 Å². The highest BCUT2D eigenvalue weighted by molar-refractivity contribution is 6.37. The van der Waals surface area contributed by atoms with Gasteiger partial charge in [0.25, 0.3) is 5.56 Å². The van der Waals surface area contributed by atoms with Crippen molar-refractivity contribution < 1.29 is 9.53 Å². The molecule has 3 N–H and O–H groups in total. The van der Waals surface area contributed by atoms with Crippen LogP contribution < -0.4 is 21.7 Å². The first-order chi connectivity index (χ1) is 14.6. The van der Waals surface area contributed by atoms with Crippen molar-refractivity contribution in [1.82, 2.24) is 19.7 Å². The third-order valence-corrected chi connectivity index (χ3v) is 5.86. The molecule has 1 aromatic carbocycles. The summed E-state index contributed by atoms with van der Waals surface area (Å²) in [6, 6.07) is 4.57. The standard InChI is InChI=1S/C20H17Cl2N5O4/c1-9-13(20(3-4-20)10(2)28)7-12(8-24-9)31-16-14(21)5-11(6-15(16)22)27-19(30)25-18(29)17(23)26-27/h5-8H,3-4H2,1-2H3,(H2,23,26)(H,25,29,30). The number of hydrogen-bond acceptors (Lipinski definition) is 7. The first-order valence-corrected chi connectivity index (χ1v) is 10.0. The molecule has 0 spiro atoms. The van der Waals surface area contributed by atoms with Gasteiger partial charge in [-0.2, -0.15) is 4.68 Å². The van der Waals surface area contributed by atoms with Gasteiger partial charge in [-0.3, -0.25) is 19.6 Å². The summed E-state index contributed by atoms with van der Waals surface area (Å²) in [6.07, 6.45) is 3.06. The van der Waals surface area contributed by atoms with Gasteiger partial charge in [-0.05, 0) is 50.5 Å². The molecule has 1 aliphatic rings. The Bertz CT molecular complexity index is 1320. The van der Waals surface area contributed by atoms with E-state index in [1.807, 2.05) is 6.92 Å². The monoisotopic (exact) mass is 461 g/mol. The number of nitrogens with one attached hydrogen (secondary N) is 1. The van der Waals surface area contributed by atoms with Gasteiger partial charge in [-0.1, -0.05) is 23.2 Å². The van der Waals surface area contributed by atoms with Crippen molar-refractivity contribution in [2.45, 2.75) is 32.1 Å². The number of halogens is 2. The summed E-state index contributed by atoms with van der Waals surface area (Å²) in [7, 11) is 0. The number of anilines is 1. The van der Waals surface area contributed by atoms with E-state index >= 15 is 0 Å². The van der Waals surface area contributed by atoms with E-state index < -0.39 is 16.7 Å². The van der Waals surface area contributed by atoms with E-state index in [9.17, 15) is 14.4 Å². The lowest BCUT2D eigenvalue weighted by atomic mass is 9.91. The van der Waals surface area contributed by atoms with Crippen LogP contribution in [0.25, 0.3) is 5.69 Å². The number of rotatable bonds is 5. The molecule has 0 radical (unpaired) electrons. The Morgan fingerprint density at radius 3 is 2.45 bits per heavy atom. The number of aromatic amines is 1. The maximum Gasteiger partial charge on any atom is 0.349 e. The number of hydrogen-bond donors (Lipinski definition) is 2. The molecule has 1 aliphatic carbocycles. The zero-order valence-electron chi connectivity index (χ0n) is 16.5. The van der Waals surface area contributed by atoms with Crippen LogP contribution in [-0.2, 0) is 10.2 Å². The Morgan fingerprint density at radius 2 is 1.87 bits per heavy atom. The van der Waals surface area contributed by atoms with Crippen LogP contribution in [0.15, 0.2) is 34.0 Å². The van der Waals surface area contributed by atoms with Gasteiger partial charge in [-0.25, -0.2) is 4.79 Å². The lowest BCUT2D eigenvalue weighted by molar-refractivity contribution is -0.119. The molecule has 11 heteroatoms. The molecule has 2 aromatic heterocycles. The fraction of sp³-hybridized carbons (Fsp3) is 0.250. The van der Waals surface area contributed by atoms with Crippen LogP contribution in [0.5, 0.6) is 11.5 Å². The predicted molar refractivity (Wildman–Crippen MR) is 116 cm³/mol. The number of Topliss-reactive ketones (excluding diaryl/α,β-unsaturated/α-hetero) is 1. The van der Waals surface area contributed by atoms with Crippen LogP contribution in [-0.4, -0.2) is 25.5 Å². The van der Waals surface area contributed by atoms with Crippen LogP contribution in [0.4, 0.5) is 5.82 Å². The third kappa shape index (κ3) is 3.70. The first kappa shape index (κ1) is 21.1. The molecule has 3 aromatic rings. The summed E-state index contributed by atoms with van der Waals surface area (Å²) in [5, 5.41) is 3.93. The zero-order valence-corrected chi connectivity index (χ0v) is 18.0. The summed E-state index contributed by atoms with van der Waals surface area (Å²) < 4.78 is 6.74. The van der Waals surface area contributed by atoms with Crippen molar-refractivity contribution in [3.63, 3.8) is 0 Å². The quantitative estimate of drug-likeness (QED) is 0.596. The molecule has 9 nitrogen and oxygen atoms in total. The molecular weight excluding hydrogens is 445 g/mol. The molecule has 2 heterocycles. The largest absolute Gasteiger partial charge is 0.453 e. The smallest absolute Gasteiger partial charge is 0.349 e. The average molecular weight is 462 g/mol. The fourth-order valence-corrected chi connectivity index (χ4v) is 4.01. The Kier molecular flexibility index (Phi) is 5.10. The Labute approximate surface area is 185 Å². The Balaban J connectivity index is 1.71. The van der Waals surface area contributed by atoms with Crippen LogP contribution in [0.2, 0.25) is 10.0 Å². The van der Waals surface area contributed by atoms with Crippen molar-refractivity contribution in [2.24, 2.45) is 0 Å². The molecular formula is C20H17Cl2N5O4. The minimum absolute atomic E-state index is 0.0908. The molecule has 1 fully saturated rings. The number of H-pyrrole nitrogens is 1. The third-order valence-electron chi connectivity index (χ3n) is 5.30. The minimum atomic E-state index is -0.800. The second-order valence-electron chi connectivity index (χ2n) is 7.34. The lowest BCUT2D eigenvalue weighted by Crippen LogP contribution is -2.33. The maximum atomic E-state index is 12.1. The van der Waals surface area contributed by atoms with Crippen LogP contribution in [0.3, 0.4) is 0 Å². The van der Waals surface area contributed by atoms with E-state index in [2.05, 4.69) is 15.1 Å². The molecule has 0 atom stereocenters. The van der Waals surface area contributed by atoms with E-state index in [4.69, 9.17) is 33.7 Å². The average Bonchev–Trinajstić information content (AvgIpc) is 3.50. The van der Waals surface area contributed by atoms with Gasteiger partial charge in [0.2, 0.25) is 5.82 Å². The van der Waals surface area contributed by atoms with Crippen molar-refractivity contribution in [3.8, 4) is 17.2 Å². The molecule has 0 aliphatic heterocycles. The summed E-state index contributed by atoms with van der Waals surface area (Å²) in [5.74, 6) is 0.216. The van der Waals surface area contributed by atoms with E-state index in [0.29, 0.717) is 5.75 Å². The normalized spacial score (nSPS) is 14.3. The maximum absolute atomic E-state index is 12.1. The number of nitrogens with zero attached hydrogens (tertiary/aromatic N) is 3. The van der Waals surface area contributed by atoms with Crippen LogP contribution in [0, 0.1) is 6.92 Å². The minimum Gasteiger partial charge on any atom is -0.453 e. The summed E-state index contributed by atoms with van der Waals surface area (Å²) >= 11 is 12.7. The molecule has 0 saturated heterocycles. The van der Waals surface area contributed by atoms with E-state index in [1.165, 1.54) is 18.3 Å². The summed E-state index contributed by atoms with van der Waals surface area (Å²) in [4.78, 5) is 42.0. The van der Waals surface area contributed by atoms with E-state index in [-0.39, 0.29) is 33.1 Å². The lowest BCUT2D eigenvalue weighted by Gasteiger charge is -2.17. The number of nitrogen functional groups attached to an aromatic ring is 1. The van der Waals surface area contributed by atoms with Gasteiger partial charge in [0.1, 0.15) is 11.5 Å². The number of pyridine rings is 1. The highest BCUT2D eigenvalue weighted by Gasteiger charge is 2.50. The number of carbonyl (C=O) groups excluding carboxylic acids is 1. The number of aryl methyl sites for hydroxylation is 1. The zero-order chi connectivity index (χ0) is 22.5. The van der Waals surface area contributed by atoms with E-state index in [1.54, 1.807) is 13.0 Å². The number of ether oxygens (including phenoxy) is 1. The van der Waals surface area contributed by atoms with Crippen molar-refractivity contribution >= 4 is 34.8 Å². The van der Waals surface area contributed by atoms with E-state index in [0.717, 1.165) is 28.8 Å². The van der Waals surface area contributed by atoms with Gasteiger partial charge < -0.3 is 10.5 Å². The second-order valence-corrected chi connectivity index (χ2v) is 8.15. The molecule has 160 valence electrons. The van der Waals surface area contributed by atoms with Gasteiger partial charge in [0, 0.05) is 5.69 Å². The Morgan fingerprint density at radius 1 is 1.23 bits per heavy atom. The molecule has 0 bridgehead atoms. The Hall–Kier alpha value is -3.17. The molecule has 0 amide bonds. The summed E-state index contributed by atoms with van der Waals surface area (Å²) in [5.41, 5.74) is 5.15. The molecule has 31 heavy (non-hydrogen) atoms. The number of carbonyl (C=O) groups is 1. The van der Waals surface area contributed by atoms with Gasteiger partial charge in [0.15, 0.2) is 5.75 Å². The fourth-order valence-electron chi connectivity index (χ4n) is 3.46. The van der Waals surface area contributed by atoms with Crippen molar-refractivity contribution in [2.75, 3.05) is 5.73 Å². The number of aromatic nitrogens is 4. The number of nitrogens with two attached hydrogens (primary N) is 1. The topological polar surface area (TPSA) is 133 Å². The predicted octanol–water partition coefficient (Wildman–Crippen LogP) is 2.93. The van der Waals surface area contributed by atoms with Gasteiger partial charge >= 0.3 is 5.69 Å². The second kappa shape index (κ2) is 7.51. The van der Waals surface area contributed by atoms with Crippen molar-refractivity contribution in [3.05, 3.63) is 66.5 Å². The highest BCUT2D eigenvalue weighted by atomic mass is 35.5. The highest BCUT2D eigenvalue weighted by Crippen LogP contribution is 2.50. The number of benzene rings is 1. The van der Waals surface area contributed by atoms with Crippen LogP contribution >= 0.6 is 23.2 Å². The number of ketones is 1. The molecule has 0 unspecified atom stereocenters. The SMILES string of the molecule is CC(=O)C1(c2cc(Oc3c(Cl)cc(-n4nc(N)c(=O)[nH]c4=O)cc3Cl)cnc2C)CC1. The molecule has 4 rings (SSSR count). The van der Waals surface area contributed by atoms with Crippen LogP contribution in [0.1, 0.15) is 31.0 Å². The van der Waals surface area contributed by atoms with Gasteiger partial charge in [0.05, 0.1) is 27.3 Å². The van der Waals surface area contributed by atoms with Gasteiger partial charge in [-0.15, -0.1) is 5.10 Å². The summed E-state index contributed by atoms with van der Waals surface area (Å²) in [6.45, 7) is 3.42. The molecule has 1 saturated carbocycles.